The third kappa shape index (κ3) is 5.39. The maximum Gasteiger partial charge on any atom is 0.160 e. The van der Waals surface area contributed by atoms with Crippen molar-refractivity contribution in [1.29, 1.82) is 10.5 Å². The second kappa shape index (κ2) is 15.4. The topological polar surface area (TPSA) is 93.6 Å². The van der Waals surface area contributed by atoms with Gasteiger partial charge < -0.3 is 27.1 Å². The molecule has 0 spiro atoms. The van der Waals surface area contributed by atoms with E-state index < -0.39 is 383 Å². The van der Waals surface area contributed by atoms with Gasteiger partial charge in [-0.1, -0.05) is 144 Å². The zero-order valence-corrected chi connectivity index (χ0v) is 39.0. The fraction of sp³-hybridized carbons (Fsp3) is 0.0286. The first-order valence-electron chi connectivity index (χ1n) is 41.7. The van der Waals surface area contributed by atoms with Crippen molar-refractivity contribution in [3.8, 4) is 34.9 Å². The van der Waals surface area contributed by atoms with Crippen LogP contribution in [0.3, 0.4) is 0 Å². The molecule has 0 atom stereocenters. The van der Waals surface area contributed by atoms with E-state index >= 15 is 0 Å². The molecule has 17 aromatic rings. The Kier molecular flexibility index (Phi) is 4.02. The van der Waals surface area contributed by atoms with Gasteiger partial charge in [0, 0.05) is 68.7 Å². The Bertz CT molecular complexity index is 7520. The summed E-state index contributed by atoms with van der Waals surface area (Å²) in [5, 5.41) is 17.5. The normalized spacial score (nSPS) is 19.0. The van der Waals surface area contributed by atoms with Crippen molar-refractivity contribution in [3.05, 3.63) is 228 Å². The first-order chi connectivity index (χ1) is 53.9. The van der Waals surface area contributed by atoms with Gasteiger partial charge in [0.25, 0.3) is 0 Å². The predicted molar refractivity (Wildman–Crippen MR) is 317 cm³/mol. The van der Waals surface area contributed by atoms with Crippen LogP contribution in [0.15, 0.2) is 214 Å². The van der Waals surface area contributed by atoms with Crippen LogP contribution in [0.5, 0.6) is 0 Å². The number of benzene rings is 11. The van der Waals surface area contributed by atoms with E-state index in [2.05, 4.69) is 0 Å². The summed E-state index contributed by atoms with van der Waals surface area (Å²) in [6, 6.07) is -32.8. The van der Waals surface area contributed by atoms with Crippen LogP contribution in [-0.2, 0) is 0 Å². The van der Waals surface area contributed by atoms with Gasteiger partial charge in [0.15, 0.2) is 11.2 Å². The summed E-state index contributed by atoms with van der Waals surface area (Å²) >= 11 is 0. The molecule has 0 saturated carbocycles. The van der Waals surface area contributed by atoms with Crippen LogP contribution in [0.2, 0.25) is 0 Å². The third-order valence-corrected chi connectivity index (χ3v) is 13.9. The Morgan fingerprint density at radius 3 is 1.09 bits per heavy atom. The molecule has 6 heterocycles. The SMILES string of the molecule is [2H]c1c([2H])c([2H])c2c(oc3c2c([2H])c([2H])c2c4c([2H])c(C)c([2H])c([2H])c4n(-c4c(C#N)c(-n5c6c([2H])c([2H])c([2H])c([2H])c6c6c([2H])c([2H])c([2H])c([2H])c65)c(-n5c6c([2H])c([2H])c(C([2H])([2H])[2H])c([2H])c6c6c([2H])c([2H])c7c(oc8c([2H])c([2H])c([2H])c([2H])c87)c65)c(C#N)c4-n4c5c([2H])c([2H])c([2H])c([2H])c5c5c([2H])c([2H])c([2H])c([2H])c54)c32)c1[2H]. The largest absolute Gasteiger partial charge is 0.454 e. The van der Waals surface area contributed by atoms with Gasteiger partial charge in [-0.15, -0.1) is 0 Å². The molecule has 0 fully saturated rings. The summed E-state index contributed by atoms with van der Waals surface area (Å²) in [5.41, 5.74) is -20.5. The van der Waals surface area contributed by atoms with Crippen molar-refractivity contribution < 1.29 is 59.6 Å². The van der Waals surface area contributed by atoms with Crippen LogP contribution < -0.4 is 0 Å². The van der Waals surface area contributed by atoms with Crippen LogP contribution in [0, 0.1) is 36.4 Å². The van der Waals surface area contributed by atoms with E-state index in [9.17, 15) is 46.2 Å². The van der Waals surface area contributed by atoms with Crippen molar-refractivity contribution in [1.82, 2.24) is 18.3 Å². The Labute approximate surface area is 495 Å². The van der Waals surface area contributed by atoms with Gasteiger partial charge in [-0.25, -0.2) is 0 Å². The van der Waals surface area contributed by atoms with Gasteiger partial charge in [-0.3, -0.25) is 0 Å². The van der Waals surface area contributed by atoms with E-state index in [0.29, 0.717) is 18.3 Å². The number of aromatic nitrogens is 4. The molecule has 0 N–H and O–H groups in total. The smallest absolute Gasteiger partial charge is 0.160 e. The van der Waals surface area contributed by atoms with Crippen LogP contribution in [0.4, 0.5) is 0 Å². The lowest BCUT2D eigenvalue weighted by atomic mass is 9.98. The maximum absolute atomic E-state index is 13.4. The van der Waals surface area contributed by atoms with Crippen LogP contribution in [0.25, 0.3) is 154 Å². The van der Waals surface area contributed by atoms with Gasteiger partial charge >= 0.3 is 0 Å². The minimum Gasteiger partial charge on any atom is -0.454 e. The first kappa shape index (κ1) is 20.4. The third-order valence-electron chi connectivity index (χ3n) is 13.9. The molecule has 0 unspecified atom stereocenters. The van der Waals surface area contributed by atoms with Crippen molar-refractivity contribution in [2.45, 2.75) is 13.8 Å². The lowest BCUT2D eigenvalue weighted by Gasteiger charge is -2.27. The average Bonchev–Trinajstić information content (AvgIpc) is 1.52. The minimum atomic E-state index is -3.60. The fourth-order valence-electron chi connectivity index (χ4n) is 10.9. The van der Waals surface area contributed by atoms with Gasteiger partial charge in [0.2, 0.25) is 0 Å². The van der Waals surface area contributed by atoms with E-state index in [0.717, 1.165) is 0 Å². The number of nitriles is 2. The molecule has 362 valence electrons. The fourth-order valence-corrected chi connectivity index (χ4v) is 10.9. The number of nitrogens with zero attached hydrogens (tertiary/aromatic N) is 6. The highest BCUT2D eigenvalue weighted by Crippen LogP contribution is 2.51. The number of furan rings is 2. The Morgan fingerprint density at radius 1 is 0.346 bits per heavy atom. The lowest BCUT2D eigenvalue weighted by Crippen LogP contribution is -2.16. The molecule has 0 saturated heterocycles. The number of hydrogen-bond donors (Lipinski definition) is 0. The summed E-state index contributed by atoms with van der Waals surface area (Å²) < 4.78 is 368. The highest BCUT2D eigenvalue weighted by atomic mass is 16.3. The zero-order chi connectivity index (χ0) is 83.7. The van der Waals surface area contributed by atoms with E-state index in [4.69, 9.17) is 23.9 Å². The second-order valence-corrected chi connectivity index (χ2v) is 17.8. The molecular formula is C70H40N6O2. The summed E-state index contributed by atoms with van der Waals surface area (Å²) in [6.45, 7) is -2.42. The van der Waals surface area contributed by atoms with Crippen LogP contribution in [-0.4, -0.2) is 18.3 Å². The molecule has 8 nitrogen and oxygen atoms in total. The number of rotatable bonds is 4. The summed E-state index contributed by atoms with van der Waals surface area (Å²) in [4.78, 5) is 0. The van der Waals surface area contributed by atoms with E-state index in [-0.39, 0.29) is 5.56 Å². The van der Waals surface area contributed by atoms with Gasteiger partial charge in [0.1, 0.15) is 34.4 Å². The molecule has 78 heavy (non-hydrogen) atoms. The lowest BCUT2D eigenvalue weighted by molar-refractivity contribution is 0.670. The van der Waals surface area contributed by atoms with Crippen molar-refractivity contribution in [3.63, 3.8) is 0 Å². The summed E-state index contributed by atoms with van der Waals surface area (Å²) in [7, 11) is 0. The highest BCUT2D eigenvalue weighted by molar-refractivity contribution is 6.24. The van der Waals surface area contributed by atoms with Gasteiger partial charge in [-0.05, 0) is 86.3 Å². The van der Waals surface area contributed by atoms with E-state index in [1.54, 1.807) is 0 Å². The van der Waals surface area contributed by atoms with Gasteiger partial charge in [-0.2, -0.15) is 10.5 Å². The Balaban J connectivity index is 1.36. The van der Waals surface area contributed by atoms with Crippen molar-refractivity contribution in [2.75, 3.05) is 0 Å². The Hall–Kier alpha value is -10.8. The molecular weight excluding hydrogens is 957 g/mol. The number of hydrogen-bond acceptors (Lipinski definition) is 4. The summed E-state index contributed by atoms with van der Waals surface area (Å²) in [6.07, 6.45) is 0. The molecule has 0 radical (unpaired) electrons. The standard InChI is InChI=1S/C70H40N6O2/c1-39-27-33-59-51(35-39)47-29-31-49-45-19-7-13-25-61(45)77-69(49)67(47)75(59)65-53(37-71)64(74-57-23-11-5-17-43(57)44-18-6-12-24-58(44)74)66(54(38-72)63(65)73-55-21-9-3-15-41(55)42-16-4-10-22-56(42)73)76-60-34-28-40(2)36-52(60)48-30-32-50-46-20-8-14-26-62(46)78-70(50)68(48)76/h3-36H,1-2H3/i1D3,3D,4D,5D,6D,7D,8D,9D,10D,11D,12D,13D,14D,15D,16D,17D,18D,19D,20D,21D,22D,23D,24D,25D,26D,27D,28D,29D,30D,31D,32D,33D,34D,35D,36D. The van der Waals surface area contributed by atoms with Crippen molar-refractivity contribution >= 4 is 131 Å². The van der Waals surface area contributed by atoms with Crippen LogP contribution in [0.1, 0.15) is 73.0 Å². The predicted octanol–water partition coefficient (Wildman–Crippen LogP) is 18.2. The van der Waals surface area contributed by atoms with Crippen LogP contribution >= 0.6 is 0 Å². The average molecular weight is 1030 g/mol. The summed E-state index contributed by atoms with van der Waals surface area (Å²) in [5.74, 6) is 0. The molecule has 0 aliphatic heterocycles. The Morgan fingerprint density at radius 2 is 0.679 bits per heavy atom. The van der Waals surface area contributed by atoms with E-state index in [1.165, 1.54) is 6.92 Å². The molecule has 0 bridgehead atoms. The molecule has 0 amide bonds. The second-order valence-electron chi connectivity index (χ2n) is 17.8. The molecule has 6 aromatic heterocycles. The van der Waals surface area contributed by atoms with Gasteiger partial charge in [0.05, 0.1) is 113 Å². The molecule has 11 aromatic carbocycles. The quantitative estimate of drug-likeness (QED) is 0.175. The minimum absolute atomic E-state index is 0.361. The first-order valence-corrected chi connectivity index (χ1v) is 23.2. The zero-order valence-electron chi connectivity index (χ0n) is 76.0. The van der Waals surface area contributed by atoms with Crippen molar-refractivity contribution in [2.24, 2.45) is 0 Å². The molecule has 0 aliphatic carbocycles. The van der Waals surface area contributed by atoms with E-state index in [1.807, 2.05) is 12.1 Å². The highest BCUT2D eigenvalue weighted by Gasteiger charge is 2.36. The molecule has 8 heteroatoms. The monoisotopic (exact) mass is 1030 g/mol. The molecule has 0 aliphatic rings. The number of fused-ring (bicyclic) bond motifs is 20. The number of para-hydroxylation sites is 6. The molecule has 17 rings (SSSR count). The maximum atomic E-state index is 13.4.